The summed E-state index contributed by atoms with van der Waals surface area (Å²) in [7, 11) is 3.41. The number of amides is 2. The third-order valence-corrected chi connectivity index (χ3v) is 7.19. The van der Waals surface area contributed by atoms with Crippen LogP contribution >= 0.6 is 0 Å². The quantitative estimate of drug-likeness (QED) is 0.358. The second-order valence-corrected chi connectivity index (χ2v) is 11.8. The number of nitrogens with zero attached hydrogens (tertiary/aromatic N) is 1. The standard InChI is InChI=1S/C29H44N4O4/c1-17(2)22(15-18(3)27(36)37)33(10)26(35)24(28(4,5)6)32-25(34)23(30-9)29(7,8)20-16-31-21-14-12-11-13-19(20)21/h11-17,22-24,30-31H,1-10H3,(H,32,34)(H,36,37)/t22?,23-,24-/m1/s1. The van der Waals surface area contributed by atoms with Crippen LogP contribution in [0.5, 0.6) is 0 Å². The van der Waals surface area contributed by atoms with Crippen molar-refractivity contribution in [2.75, 3.05) is 14.1 Å². The lowest BCUT2D eigenvalue weighted by molar-refractivity contribution is -0.141. The Labute approximate surface area is 220 Å². The minimum absolute atomic E-state index is 0.0227. The molecule has 2 aromatic rings. The molecular formula is C29H44N4O4. The molecule has 204 valence electrons. The van der Waals surface area contributed by atoms with E-state index in [1.54, 1.807) is 25.1 Å². The molecule has 4 N–H and O–H groups in total. The third kappa shape index (κ3) is 6.60. The van der Waals surface area contributed by atoms with Crippen LogP contribution in [0.1, 0.15) is 61.0 Å². The van der Waals surface area contributed by atoms with Crippen molar-refractivity contribution in [3.63, 3.8) is 0 Å². The first-order valence-corrected chi connectivity index (χ1v) is 12.8. The Morgan fingerprint density at radius 3 is 2.16 bits per heavy atom. The molecule has 3 atom stereocenters. The molecular weight excluding hydrogens is 468 g/mol. The number of nitrogens with one attached hydrogen (secondary N) is 3. The normalized spacial score (nSPS) is 15.4. The molecule has 0 bridgehead atoms. The molecule has 1 aromatic carbocycles. The van der Waals surface area contributed by atoms with Crippen molar-refractivity contribution >= 4 is 28.7 Å². The number of carboxylic acid groups (broad SMARTS) is 1. The molecule has 0 spiro atoms. The van der Waals surface area contributed by atoms with E-state index in [1.807, 2.05) is 78.9 Å². The Kier molecular flexibility index (Phi) is 9.36. The fourth-order valence-corrected chi connectivity index (χ4v) is 4.88. The minimum atomic E-state index is -1.02. The number of carbonyl (C=O) groups excluding carboxylic acids is 2. The largest absolute Gasteiger partial charge is 0.478 e. The number of H-pyrrole nitrogens is 1. The van der Waals surface area contributed by atoms with E-state index in [2.05, 4.69) is 15.6 Å². The maximum Gasteiger partial charge on any atom is 0.331 e. The molecule has 0 saturated carbocycles. The average Bonchev–Trinajstić information content (AvgIpc) is 3.24. The van der Waals surface area contributed by atoms with E-state index in [-0.39, 0.29) is 23.3 Å². The number of hydrogen-bond donors (Lipinski definition) is 4. The van der Waals surface area contributed by atoms with Gasteiger partial charge in [-0.05, 0) is 36.9 Å². The summed E-state index contributed by atoms with van der Waals surface area (Å²) in [4.78, 5) is 43.8. The highest BCUT2D eigenvalue weighted by Crippen LogP contribution is 2.34. The summed E-state index contributed by atoms with van der Waals surface area (Å²) >= 11 is 0. The van der Waals surface area contributed by atoms with E-state index in [4.69, 9.17) is 0 Å². The van der Waals surface area contributed by atoms with Gasteiger partial charge in [-0.1, -0.05) is 72.7 Å². The van der Waals surface area contributed by atoms with E-state index in [1.165, 1.54) is 6.92 Å². The van der Waals surface area contributed by atoms with Crippen molar-refractivity contribution < 1.29 is 19.5 Å². The Morgan fingerprint density at radius 2 is 1.65 bits per heavy atom. The summed E-state index contributed by atoms with van der Waals surface area (Å²) in [5.74, 6) is -1.60. The first-order chi connectivity index (χ1) is 17.0. The average molecular weight is 513 g/mol. The summed E-state index contributed by atoms with van der Waals surface area (Å²) in [6, 6.07) is 6.09. The van der Waals surface area contributed by atoms with Gasteiger partial charge in [0.1, 0.15) is 6.04 Å². The maximum absolute atomic E-state index is 13.8. The van der Waals surface area contributed by atoms with Gasteiger partial charge < -0.3 is 25.6 Å². The van der Waals surface area contributed by atoms with Crippen molar-refractivity contribution in [2.24, 2.45) is 11.3 Å². The number of benzene rings is 1. The van der Waals surface area contributed by atoms with Crippen molar-refractivity contribution in [1.82, 2.24) is 20.5 Å². The van der Waals surface area contributed by atoms with Gasteiger partial charge in [0.15, 0.2) is 0 Å². The molecule has 2 amide bonds. The van der Waals surface area contributed by atoms with Gasteiger partial charge in [-0.25, -0.2) is 4.79 Å². The van der Waals surface area contributed by atoms with Crippen molar-refractivity contribution in [1.29, 1.82) is 0 Å². The fraction of sp³-hybridized carbons (Fsp3) is 0.552. The van der Waals surface area contributed by atoms with Crippen molar-refractivity contribution in [2.45, 2.75) is 78.9 Å². The van der Waals surface area contributed by atoms with Crippen LogP contribution in [-0.2, 0) is 19.8 Å². The highest BCUT2D eigenvalue weighted by atomic mass is 16.4. The molecule has 0 aliphatic rings. The molecule has 0 saturated heterocycles. The molecule has 37 heavy (non-hydrogen) atoms. The first kappa shape index (κ1) is 30.1. The number of hydrogen-bond acceptors (Lipinski definition) is 4. The van der Waals surface area contributed by atoms with Gasteiger partial charge in [0.05, 0.1) is 12.1 Å². The minimum Gasteiger partial charge on any atom is -0.478 e. The van der Waals surface area contributed by atoms with Crippen LogP contribution in [0.15, 0.2) is 42.1 Å². The topological polar surface area (TPSA) is 115 Å². The lowest BCUT2D eigenvalue weighted by Crippen LogP contribution is -2.61. The van der Waals surface area contributed by atoms with Gasteiger partial charge in [0, 0.05) is 35.1 Å². The Balaban J connectivity index is 2.40. The van der Waals surface area contributed by atoms with Crippen LogP contribution in [0.25, 0.3) is 10.9 Å². The zero-order valence-electron chi connectivity index (χ0n) is 23.9. The molecule has 1 heterocycles. The number of carboxylic acids is 1. The predicted octanol–water partition coefficient (Wildman–Crippen LogP) is 4.08. The number of aromatic amines is 1. The number of para-hydroxylation sites is 1. The Morgan fingerprint density at radius 1 is 1.05 bits per heavy atom. The van der Waals surface area contributed by atoms with Crippen LogP contribution < -0.4 is 10.6 Å². The summed E-state index contributed by atoms with van der Waals surface area (Å²) in [5.41, 5.74) is 0.983. The van der Waals surface area contributed by atoms with Crippen LogP contribution in [-0.4, -0.2) is 65.0 Å². The van der Waals surface area contributed by atoms with E-state index >= 15 is 0 Å². The lowest BCUT2D eigenvalue weighted by atomic mass is 9.76. The zero-order chi connectivity index (χ0) is 28.3. The highest BCUT2D eigenvalue weighted by molar-refractivity contribution is 5.93. The summed E-state index contributed by atoms with van der Waals surface area (Å²) in [6.45, 7) is 15.1. The Bertz CT molecular complexity index is 1160. The Hall–Kier alpha value is -3.13. The molecule has 0 radical (unpaired) electrons. The molecule has 0 aliphatic heterocycles. The molecule has 1 unspecified atom stereocenters. The summed E-state index contributed by atoms with van der Waals surface area (Å²) < 4.78 is 0. The van der Waals surface area contributed by atoms with Crippen LogP contribution in [0.4, 0.5) is 0 Å². The van der Waals surface area contributed by atoms with Crippen molar-refractivity contribution in [3.05, 3.63) is 47.7 Å². The van der Waals surface area contributed by atoms with E-state index < -0.39 is 34.9 Å². The first-order valence-electron chi connectivity index (χ1n) is 12.8. The van der Waals surface area contributed by atoms with Gasteiger partial charge in [-0.2, -0.15) is 0 Å². The number of aromatic nitrogens is 1. The van der Waals surface area contributed by atoms with E-state index in [0.29, 0.717) is 0 Å². The van der Waals surface area contributed by atoms with Crippen LogP contribution in [0, 0.1) is 11.3 Å². The van der Waals surface area contributed by atoms with Gasteiger partial charge in [0.2, 0.25) is 11.8 Å². The van der Waals surface area contributed by atoms with Crippen LogP contribution in [0.2, 0.25) is 0 Å². The van der Waals surface area contributed by atoms with E-state index in [9.17, 15) is 19.5 Å². The number of fused-ring (bicyclic) bond motifs is 1. The van der Waals surface area contributed by atoms with Gasteiger partial charge >= 0.3 is 5.97 Å². The molecule has 1 aromatic heterocycles. The van der Waals surface area contributed by atoms with Gasteiger partial charge in [-0.3, -0.25) is 9.59 Å². The van der Waals surface area contributed by atoms with Crippen molar-refractivity contribution in [3.8, 4) is 0 Å². The van der Waals surface area contributed by atoms with Gasteiger partial charge in [-0.15, -0.1) is 0 Å². The number of likely N-dealkylation sites (N-methyl/N-ethyl adjacent to an activating group) is 2. The summed E-state index contributed by atoms with van der Waals surface area (Å²) in [6.07, 6.45) is 3.54. The van der Waals surface area contributed by atoms with E-state index in [0.717, 1.165) is 16.5 Å². The van der Waals surface area contributed by atoms with Gasteiger partial charge in [0.25, 0.3) is 0 Å². The smallest absolute Gasteiger partial charge is 0.331 e. The fourth-order valence-electron chi connectivity index (χ4n) is 4.88. The maximum atomic E-state index is 13.8. The second kappa shape index (κ2) is 11.5. The zero-order valence-corrected chi connectivity index (χ0v) is 23.9. The molecule has 2 rings (SSSR count). The molecule has 8 nitrogen and oxygen atoms in total. The molecule has 0 fully saturated rings. The SMILES string of the molecule is CN[C@H](C(=O)N[C@H](C(=O)N(C)C(C=C(C)C(=O)O)C(C)C)C(C)(C)C)C(C)(C)c1c[nH]c2ccccc12. The molecule has 8 heteroatoms. The highest BCUT2D eigenvalue weighted by Gasteiger charge is 2.42. The summed E-state index contributed by atoms with van der Waals surface area (Å²) in [5, 5.41) is 16.6. The second-order valence-electron chi connectivity index (χ2n) is 11.8. The number of rotatable bonds is 10. The monoisotopic (exact) mass is 512 g/mol. The molecule has 0 aliphatic carbocycles. The predicted molar refractivity (Wildman–Crippen MR) is 148 cm³/mol. The lowest BCUT2D eigenvalue weighted by Gasteiger charge is -2.39. The number of aliphatic carboxylic acids is 1. The van der Waals surface area contributed by atoms with Crippen LogP contribution in [0.3, 0.4) is 0 Å². The number of carbonyl (C=O) groups is 3. The third-order valence-electron chi connectivity index (χ3n) is 7.19.